The van der Waals surface area contributed by atoms with Gasteiger partial charge < -0.3 is 16.0 Å². The third kappa shape index (κ3) is 3.82. The summed E-state index contributed by atoms with van der Waals surface area (Å²) >= 11 is 0. The number of anilines is 2. The van der Waals surface area contributed by atoms with Gasteiger partial charge in [-0.1, -0.05) is 12.1 Å². The van der Waals surface area contributed by atoms with Crippen LogP contribution in [0.25, 0.3) is 0 Å². The Hall–Kier alpha value is -2.08. The Bertz CT molecular complexity index is 642. The molecule has 1 saturated heterocycles. The van der Waals surface area contributed by atoms with Crippen LogP contribution in [0, 0.1) is 13.8 Å². The van der Waals surface area contributed by atoms with Crippen LogP contribution in [0.3, 0.4) is 0 Å². The highest BCUT2D eigenvalue weighted by atomic mass is 15.3. The third-order valence-corrected chi connectivity index (χ3v) is 4.76. The number of nitrogens with one attached hydrogen (secondary N) is 2. The number of rotatable bonds is 5. The maximum absolute atomic E-state index is 5.51. The van der Waals surface area contributed by atoms with E-state index in [4.69, 9.17) is 5.73 Å². The summed E-state index contributed by atoms with van der Waals surface area (Å²) in [6, 6.07) is 7.16. The number of nitrogen functional groups attached to an aromatic ring is 1. The van der Waals surface area contributed by atoms with Gasteiger partial charge in [0.05, 0.1) is 0 Å². The van der Waals surface area contributed by atoms with Gasteiger partial charge in [0.25, 0.3) is 0 Å². The molecule has 1 aromatic heterocycles. The van der Waals surface area contributed by atoms with Crippen molar-refractivity contribution in [1.82, 2.24) is 20.5 Å². The van der Waals surface area contributed by atoms with Gasteiger partial charge in [-0.2, -0.15) is 4.98 Å². The van der Waals surface area contributed by atoms with Crippen LogP contribution in [0.15, 0.2) is 18.2 Å². The summed E-state index contributed by atoms with van der Waals surface area (Å²) in [6.07, 6.45) is 3.18. The highest BCUT2D eigenvalue weighted by molar-refractivity contribution is 5.56. The van der Waals surface area contributed by atoms with Gasteiger partial charge in [0.15, 0.2) is 0 Å². The van der Waals surface area contributed by atoms with E-state index >= 15 is 0 Å². The van der Waals surface area contributed by atoms with Crippen molar-refractivity contribution < 1.29 is 0 Å². The van der Waals surface area contributed by atoms with Gasteiger partial charge >= 0.3 is 0 Å². The van der Waals surface area contributed by atoms with Gasteiger partial charge in [-0.05, 0) is 43.9 Å². The minimum Gasteiger partial charge on any atom is -0.371 e. The smallest absolute Gasteiger partial charge is 0.239 e. The molecule has 0 saturated carbocycles. The number of aromatic nitrogens is 3. The van der Waals surface area contributed by atoms with E-state index in [1.165, 1.54) is 29.7 Å². The molecule has 124 valence electrons. The van der Waals surface area contributed by atoms with Crippen molar-refractivity contribution in [2.75, 3.05) is 30.3 Å². The topological polar surface area (TPSA) is 82.9 Å². The van der Waals surface area contributed by atoms with Crippen LogP contribution in [0.2, 0.25) is 0 Å². The maximum Gasteiger partial charge on any atom is 0.239 e. The van der Waals surface area contributed by atoms with Crippen molar-refractivity contribution in [2.45, 2.75) is 39.2 Å². The zero-order valence-corrected chi connectivity index (χ0v) is 14.0. The quantitative estimate of drug-likeness (QED) is 0.784. The summed E-state index contributed by atoms with van der Waals surface area (Å²) in [5, 5.41) is 10.3. The minimum atomic E-state index is 0.321. The summed E-state index contributed by atoms with van der Waals surface area (Å²) < 4.78 is 0. The maximum atomic E-state index is 5.51. The lowest BCUT2D eigenvalue weighted by Crippen LogP contribution is -2.43. The number of aryl methyl sites for hydroxylation is 1. The number of hydrogen-bond acceptors (Lipinski definition) is 5. The van der Waals surface area contributed by atoms with Crippen molar-refractivity contribution in [2.24, 2.45) is 0 Å². The number of piperidine rings is 1. The lowest BCUT2D eigenvalue weighted by Gasteiger charge is -2.35. The summed E-state index contributed by atoms with van der Waals surface area (Å²) in [5.74, 6) is 1.17. The normalized spacial score (nSPS) is 16.0. The van der Waals surface area contributed by atoms with Crippen LogP contribution in [-0.4, -0.2) is 40.9 Å². The van der Waals surface area contributed by atoms with E-state index in [-0.39, 0.29) is 0 Å². The first-order chi connectivity index (χ1) is 11.1. The predicted molar refractivity (Wildman–Crippen MR) is 93.7 cm³/mol. The van der Waals surface area contributed by atoms with Gasteiger partial charge in [-0.15, -0.1) is 5.10 Å². The molecule has 2 heterocycles. The van der Waals surface area contributed by atoms with Crippen molar-refractivity contribution in [3.8, 4) is 0 Å². The van der Waals surface area contributed by atoms with E-state index in [9.17, 15) is 0 Å². The molecule has 6 heteroatoms. The first-order valence-corrected chi connectivity index (χ1v) is 8.35. The second kappa shape index (κ2) is 7.00. The number of nitrogens with two attached hydrogens (primary N) is 1. The monoisotopic (exact) mass is 314 g/mol. The molecule has 2 aromatic rings. The summed E-state index contributed by atoms with van der Waals surface area (Å²) in [4.78, 5) is 6.64. The SMILES string of the molecule is Cc1cccc(N2CCC(NCCc3nc(N)n[nH]3)CC2)c1C. The molecule has 6 nitrogen and oxygen atoms in total. The van der Waals surface area contributed by atoms with E-state index in [0.717, 1.165) is 31.9 Å². The highest BCUT2D eigenvalue weighted by Crippen LogP contribution is 2.25. The fourth-order valence-electron chi connectivity index (χ4n) is 3.22. The van der Waals surface area contributed by atoms with Gasteiger partial charge in [0.2, 0.25) is 5.95 Å². The standard InChI is InChI=1S/C17H26N6/c1-12-4-3-5-15(13(12)2)23-10-7-14(8-11-23)19-9-6-16-20-17(18)22-21-16/h3-5,14,19H,6-11H2,1-2H3,(H3,18,20,21,22). The Morgan fingerprint density at radius 1 is 1.30 bits per heavy atom. The van der Waals surface area contributed by atoms with Crippen LogP contribution in [0.1, 0.15) is 29.8 Å². The Morgan fingerprint density at radius 2 is 2.09 bits per heavy atom. The molecule has 0 radical (unpaired) electrons. The molecule has 0 bridgehead atoms. The van der Waals surface area contributed by atoms with E-state index in [1.807, 2.05) is 0 Å². The van der Waals surface area contributed by atoms with Crippen LogP contribution >= 0.6 is 0 Å². The molecule has 1 aromatic carbocycles. The Kier molecular flexibility index (Phi) is 4.81. The second-order valence-electron chi connectivity index (χ2n) is 6.32. The zero-order valence-electron chi connectivity index (χ0n) is 14.0. The van der Waals surface area contributed by atoms with Gasteiger partial charge in [-0.25, -0.2) is 0 Å². The average molecular weight is 314 g/mol. The first kappa shape index (κ1) is 15.8. The zero-order chi connectivity index (χ0) is 16.2. The Morgan fingerprint density at radius 3 is 2.78 bits per heavy atom. The fraction of sp³-hybridized carbons (Fsp3) is 0.529. The average Bonchev–Trinajstić information content (AvgIpc) is 2.96. The van der Waals surface area contributed by atoms with E-state index in [0.29, 0.717) is 12.0 Å². The molecule has 0 atom stereocenters. The number of aromatic amines is 1. The van der Waals surface area contributed by atoms with E-state index in [2.05, 4.69) is 57.4 Å². The molecule has 1 aliphatic rings. The molecule has 4 N–H and O–H groups in total. The van der Waals surface area contributed by atoms with E-state index < -0.39 is 0 Å². The third-order valence-electron chi connectivity index (χ3n) is 4.76. The van der Waals surface area contributed by atoms with Crippen molar-refractivity contribution in [3.63, 3.8) is 0 Å². The van der Waals surface area contributed by atoms with Gasteiger partial charge in [-0.3, -0.25) is 5.10 Å². The number of hydrogen-bond donors (Lipinski definition) is 3. The largest absolute Gasteiger partial charge is 0.371 e. The number of benzene rings is 1. The molecular formula is C17H26N6. The minimum absolute atomic E-state index is 0.321. The lowest BCUT2D eigenvalue weighted by molar-refractivity contribution is 0.416. The summed E-state index contributed by atoms with van der Waals surface area (Å²) in [5.41, 5.74) is 9.67. The molecule has 0 amide bonds. The lowest BCUT2D eigenvalue weighted by atomic mass is 10.0. The predicted octanol–water partition coefficient (Wildman–Crippen LogP) is 1.80. The first-order valence-electron chi connectivity index (χ1n) is 8.35. The second-order valence-corrected chi connectivity index (χ2v) is 6.32. The number of nitrogens with zero attached hydrogens (tertiary/aromatic N) is 3. The Balaban J connectivity index is 1.46. The van der Waals surface area contributed by atoms with Crippen molar-refractivity contribution in [1.29, 1.82) is 0 Å². The van der Waals surface area contributed by atoms with Crippen molar-refractivity contribution >= 4 is 11.6 Å². The number of H-pyrrole nitrogens is 1. The summed E-state index contributed by atoms with van der Waals surface area (Å²) in [6.45, 7) is 7.53. The fourth-order valence-corrected chi connectivity index (χ4v) is 3.22. The molecule has 0 aliphatic carbocycles. The Labute approximate surface area is 137 Å². The van der Waals surface area contributed by atoms with Crippen LogP contribution < -0.4 is 16.0 Å². The molecule has 1 aliphatic heterocycles. The summed E-state index contributed by atoms with van der Waals surface area (Å²) in [7, 11) is 0. The molecule has 23 heavy (non-hydrogen) atoms. The molecule has 1 fully saturated rings. The molecular weight excluding hydrogens is 288 g/mol. The molecule has 0 unspecified atom stereocenters. The van der Waals surface area contributed by atoms with Crippen LogP contribution in [-0.2, 0) is 6.42 Å². The van der Waals surface area contributed by atoms with Crippen molar-refractivity contribution in [3.05, 3.63) is 35.2 Å². The van der Waals surface area contributed by atoms with Crippen LogP contribution in [0.5, 0.6) is 0 Å². The van der Waals surface area contributed by atoms with E-state index in [1.54, 1.807) is 0 Å². The molecule has 0 spiro atoms. The van der Waals surface area contributed by atoms with Crippen LogP contribution in [0.4, 0.5) is 11.6 Å². The highest BCUT2D eigenvalue weighted by Gasteiger charge is 2.20. The van der Waals surface area contributed by atoms with Gasteiger partial charge in [0.1, 0.15) is 5.82 Å². The van der Waals surface area contributed by atoms with Gasteiger partial charge in [0, 0.05) is 37.8 Å². The molecule has 3 rings (SSSR count).